The second kappa shape index (κ2) is 7.21. The lowest BCUT2D eigenvalue weighted by Crippen LogP contribution is -2.10. The highest BCUT2D eigenvalue weighted by Crippen LogP contribution is 2.29. The molecule has 3 heteroatoms. The van der Waals surface area contributed by atoms with Crippen molar-refractivity contribution in [3.05, 3.63) is 41.7 Å². The number of rotatable bonds is 6. The van der Waals surface area contributed by atoms with Crippen LogP contribution in [0.25, 0.3) is 11.3 Å². The Hall–Kier alpha value is -1.90. The zero-order valence-corrected chi connectivity index (χ0v) is 13.5. The molecule has 0 amide bonds. The SMILES string of the molecule is CCNc1nc(C(CC)CC)nc(-c2ccccc2)c1C. The number of aromatic nitrogens is 2. The fourth-order valence-electron chi connectivity index (χ4n) is 2.59. The van der Waals surface area contributed by atoms with Crippen LogP contribution in [0, 0.1) is 6.92 Å². The van der Waals surface area contributed by atoms with Gasteiger partial charge in [0, 0.05) is 23.6 Å². The molecule has 1 heterocycles. The lowest BCUT2D eigenvalue weighted by molar-refractivity contribution is 0.602. The Morgan fingerprint density at radius 1 is 1.00 bits per heavy atom. The Morgan fingerprint density at radius 3 is 2.24 bits per heavy atom. The molecule has 0 aliphatic rings. The second-order valence-corrected chi connectivity index (χ2v) is 5.31. The van der Waals surface area contributed by atoms with Crippen LogP contribution in [0.1, 0.15) is 50.9 Å². The predicted octanol–water partition coefficient (Wildman–Crippen LogP) is 4.79. The molecule has 0 saturated heterocycles. The van der Waals surface area contributed by atoms with Crippen LogP contribution >= 0.6 is 0 Å². The first kappa shape index (κ1) is 15.5. The highest BCUT2D eigenvalue weighted by atomic mass is 15.0. The summed E-state index contributed by atoms with van der Waals surface area (Å²) in [6.07, 6.45) is 2.14. The molecule has 0 unspecified atom stereocenters. The summed E-state index contributed by atoms with van der Waals surface area (Å²) >= 11 is 0. The van der Waals surface area contributed by atoms with Gasteiger partial charge in [-0.2, -0.15) is 0 Å². The molecule has 2 rings (SSSR count). The molecule has 1 N–H and O–H groups in total. The Bertz CT molecular complexity index is 575. The summed E-state index contributed by atoms with van der Waals surface area (Å²) in [5.74, 6) is 2.35. The van der Waals surface area contributed by atoms with E-state index in [0.717, 1.165) is 47.8 Å². The lowest BCUT2D eigenvalue weighted by atomic mass is 10.0. The minimum Gasteiger partial charge on any atom is -0.370 e. The van der Waals surface area contributed by atoms with Crippen molar-refractivity contribution in [1.82, 2.24) is 9.97 Å². The Labute approximate surface area is 127 Å². The Morgan fingerprint density at radius 2 is 1.67 bits per heavy atom. The summed E-state index contributed by atoms with van der Waals surface area (Å²) in [6, 6.07) is 10.4. The van der Waals surface area contributed by atoms with E-state index in [1.165, 1.54) is 0 Å². The third-order valence-electron chi connectivity index (χ3n) is 3.91. The van der Waals surface area contributed by atoms with Crippen molar-refractivity contribution in [2.24, 2.45) is 0 Å². The molecule has 0 spiro atoms. The molecule has 112 valence electrons. The van der Waals surface area contributed by atoms with E-state index in [0.29, 0.717) is 5.92 Å². The number of hydrogen-bond acceptors (Lipinski definition) is 3. The normalized spacial score (nSPS) is 10.9. The number of benzene rings is 1. The minimum atomic E-state index is 0.422. The van der Waals surface area contributed by atoms with Crippen LogP contribution in [0.15, 0.2) is 30.3 Å². The van der Waals surface area contributed by atoms with E-state index >= 15 is 0 Å². The molecule has 0 bridgehead atoms. The molecule has 0 aliphatic carbocycles. The number of hydrogen-bond donors (Lipinski definition) is 1. The molecule has 0 radical (unpaired) electrons. The molecule has 0 saturated carbocycles. The number of anilines is 1. The van der Waals surface area contributed by atoms with Crippen molar-refractivity contribution in [2.45, 2.75) is 46.5 Å². The van der Waals surface area contributed by atoms with Crippen LogP contribution in [0.2, 0.25) is 0 Å². The summed E-state index contributed by atoms with van der Waals surface area (Å²) in [5, 5.41) is 3.38. The van der Waals surface area contributed by atoms with Crippen molar-refractivity contribution in [3.63, 3.8) is 0 Å². The molecule has 1 aromatic heterocycles. The van der Waals surface area contributed by atoms with Crippen LogP contribution < -0.4 is 5.32 Å². The summed E-state index contributed by atoms with van der Waals surface area (Å²) in [5.41, 5.74) is 3.32. The fraction of sp³-hybridized carbons (Fsp3) is 0.444. The van der Waals surface area contributed by atoms with Crippen molar-refractivity contribution in [3.8, 4) is 11.3 Å². The molecule has 0 fully saturated rings. The van der Waals surface area contributed by atoms with Gasteiger partial charge in [-0.25, -0.2) is 9.97 Å². The van der Waals surface area contributed by atoms with E-state index in [9.17, 15) is 0 Å². The van der Waals surface area contributed by atoms with Crippen molar-refractivity contribution in [1.29, 1.82) is 0 Å². The zero-order valence-electron chi connectivity index (χ0n) is 13.5. The molecule has 0 atom stereocenters. The first-order valence-electron chi connectivity index (χ1n) is 7.89. The van der Waals surface area contributed by atoms with Gasteiger partial charge in [0.2, 0.25) is 0 Å². The van der Waals surface area contributed by atoms with Crippen LogP contribution in [-0.2, 0) is 0 Å². The van der Waals surface area contributed by atoms with Crippen LogP contribution in [0.3, 0.4) is 0 Å². The van der Waals surface area contributed by atoms with Crippen LogP contribution in [0.4, 0.5) is 5.82 Å². The summed E-state index contributed by atoms with van der Waals surface area (Å²) in [7, 11) is 0. The van der Waals surface area contributed by atoms with E-state index in [-0.39, 0.29) is 0 Å². The average Bonchev–Trinajstić information content (AvgIpc) is 2.52. The average molecular weight is 283 g/mol. The van der Waals surface area contributed by atoms with Gasteiger partial charge < -0.3 is 5.32 Å². The van der Waals surface area contributed by atoms with Crippen molar-refractivity contribution < 1.29 is 0 Å². The van der Waals surface area contributed by atoms with Gasteiger partial charge in [0.05, 0.1) is 5.69 Å². The molecular weight excluding hydrogens is 258 g/mol. The number of nitrogens with zero attached hydrogens (tertiary/aromatic N) is 2. The lowest BCUT2D eigenvalue weighted by Gasteiger charge is -2.17. The van der Waals surface area contributed by atoms with Gasteiger partial charge in [-0.15, -0.1) is 0 Å². The van der Waals surface area contributed by atoms with Gasteiger partial charge in [0.15, 0.2) is 0 Å². The predicted molar refractivity (Wildman–Crippen MR) is 89.7 cm³/mol. The summed E-state index contributed by atoms with van der Waals surface area (Å²) < 4.78 is 0. The molecule has 1 aromatic carbocycles. The van der Waals surface area contributed by atoms with Gasteiger partial charge in [-0.1, -0.05) is 44.2 Å². The van der Waals surface area contributed by atoms with Gasteiger partial charge in [-0.3, -0.25) is 0 Å². The molecule has 0 aliphatic heterocycles. The maximum atomic E-state index is 4.88. The molecular formula is C18H25N3. The van der Waals surface area contributed by atoms with Crippen LogP contribution in [-0.4, -0.2) is 16.5 Å². The largest absolute Gasteiger partial charge is 0.370 e. The van der Waals surface area contributed by atoms with E-state index in [1.54, 1.807) is 0 Å². The standard InChI is InChI=1S/C18H25N3/c1-5-14(6-2)18-20-16(15-11-9-8-10-12-15)13(4)17(21-18)19-7-3/h8-12,14H,5-7H2,1-4H3,(H,19,20,21). The smallest absolute Gasteiger partial charge is 0.134 e. The molecule has 21 heavy (non-hydrogen) atoms. The van der Waals surface area contributed by atoms with Crippen LogP contribution in [0.5, 0.6) is 0 Å². The van der Waals surface area contributed by atoms with E-state index in [1.807, 2.05) is 6.07 Å². The highest BCUT2D eigenvalue weighted by Gasteiger charge is 2.16. The van der Waals surface area contributed by atoms with E-state index < -0.39 is 0 Å². The van der Waals surface area contributed by atoms with Gasteiger partial charge in [0.25, 0.3) is 0 Å². The Kier molecular flexibility index (Phi) is 5.32. The first-order valence-corrected chi connectivity index (χ1v) is 7.89. The zero-order chi connectivity index (χ0) is 15.2. The second-order valence-electron chi connectivity index (χ2n) is 5.31. The minimum absolute atomic E-state index is 0.422. The maximum Gasteiger partial charge on any atom is 0.134 e. The van der Waals surface area contributed by atoms with E-state index in [4.69, 9.17) is 9.97 Å². The Balaban J connectivity index is 2.57. The van der Waals surface area contributed by atoms with Crippen molar-refractivity contribution >= 4 is 5.82 Å². The summed E-state index contributed by atoms with van der Waals surface area (Å²) in [6.45, 7) is 9.46. The van der Waals surface area contributed by atoms with Crippen molar-refractivity contribution in [2.75, 3.05) is 11.9 Å². The van der Waals surface area contributed by atoms with Gasteiger partial charge >= 0.3 is 0 Å². The van der Waals surface area contributed by atoms with Gasteiger partial charge in [-0.05, 0) is 26.7 Å². The maximum absolute atomic E-state index is 4.88. The fourth-order valence-corrected chi connectivity index (χ4v) is 2.59. The van der Waals surface area contributed by atoms with E-state index in [2.05, 4.69) is 57.3 Å². The first-order chi connectivity index (χ1) is 10.2. The monoisotopic (exact) mass is 283 g/mol. The third-order valence-corrected chi connectivity index (χ3v) is 3.91. The topological polar surface area (TPSA) is 37.8 Å². The molecule has 2 aromatic rings. The third kappa shape index (κ3) is 3.41. The number of nitrogens with one attached hydrogen (secondary N) is 1. The quantitative estimate of drug-likeness (QED) is 0.828. The molecule has 3 nitrogen and oxygen atoms in total. The highest BCUT2D eigenvalue weighted by molar-refractivity contribution is 5.68. The summed E-state index contributed by atoms with van der Waals surface area (Å²) in [4.78, 5) is 9.64. The van der Waals surface area contributed by atoms with Gasteiger partial charge in [0.1, 0.15) is 11.6 Å².